The molecule has 0 aliphatic rings. The summed E-state index contributed by atoms with van der Waals surface area (Å²) in [6, 6.07) is 6.43. The number of aromatic nitrogens is 1. The minimum Gasteiger partial charge on any atom is -0.323 e. The summed E-state index contributed by atoms with van der Waals surface area (Å²) in [5, 5.41) is 0.367. The average molecular weight is 312 g/mol. The first-order chi connectivity index (χ1) is 9.47. The molecule has 0 unspecified atom stereocenters. The van der Waals surface area contributed by atoms with Gasteiger partial charge in [0.05, 0.1) is 11.4 Å². The number of hydrogen-bond donors (Lipinski definition) is 3. The highest BCUT2D eigenvalue weighted by atomic mass is 32.2. The zero-order chi connectivity index (χ0) is 14.8. The van der Waals surface area contributed by atoms with Crippen LogP contribution in [0, 0.1) is 6.92 Å². The second-order valence-corrected chi connectivity index (χ2v) is 6.98. The van der Waals surface area contributed by atoms with Gasteiger partial charge in [-0.3, -0.25) is 10.6 Å². The lowest BCUT2D eigenvalue weighted by molar-refractivity contribution is 0.601. The highest BCUT2D eigenvalue weighted by Crippen LogP contribution is 2.27. The molecule has 4 N–H and O–H groups in total. The van der Waals surface area contributed by atoms with E-state index in [-0.39, 0.29) is 4.90 Å². The summed E-state index contributed by atoms with van der Waals surface area (Å²) in [5.41, 5.74) is 3.62. The largest absolute Gasteiger partial charge is 0.323 e. The van der Waals surface area contributed by atoms with Gasteiger partial charge in [0.25, 0.3) is 10.0 Å². The molecule has 0 radical (unpaired) electrons. The summed E-state index contributed by atoms with van der Waals surface area (Å²) >= 11 is 1.32. The molecule has 2 aromatic rings. The van der Waals surface area contributed by atoms with Gasteiger partial charge in [-0.15, -0.1) is 11.3 Å². The molecule has 6 nitrogen and oxygen atoms in total. The fourth-order valence-corrected chi connectivity index (χ4v) is 4.10. The van der Waals surface area contributed by atoms with E-state index in [1.54, 1.807) is 18.2 Å². The number of rotatable bonds is 5. The van der Waals surface area contributed by atoms with E-state index in [0.717, 1.165) is 17.0 Å². The van der Waals surface area contributed by atoms with Gasteiger partial charge >= 0.3 is 0 Å². The molecule has 2 rings (SSSR count). The molecule has 20 heavy (non-hydrogen) atoms. The average Bonchev–Trinajstić information content (AvgIpc) is 2.77. The van der Waals surface area contributed by atoms with Crippen LogP contribution in [0.4, 0.5) is 10.8 Å². The van der Waals surface area contributed by atoms with E-state index in [0.29, 0.717) is 10.8 Å². The second kappa shape index (κ2) is 5.78. The van der Waals surface area contributed by atoms with Gasteiger partial charge in [0.2, 0.25) is 0 Å². The zero-order valence-corrected chi connectivity index (χ0v) is 12.8. The monoisotopic (exact) mass is 312 g/mol. The van der Waals surface area contributed by atoms with Gasteiger partial charge in [0.15, 0.2) is 5.13 Å². The highest BCUT2D eigenvalue weighted by Gasteiger charge is 2.20. The van der Waals surface area contributed by atoms with Crippen molar-refractivity contribution in [1.29, 1.82) is 0 Å². The first kappa shape index (κ1) is 14.8. The van der Waals surface area contributed by atoms with Gasteiger partial charge in [-0.1, -0.05) is 19.1 Å². The molecule has 108 valence electrons. The lowest BCUT2D eigenvalue weighted by Gasteiger charge is -2.09. The highest BCUT2D eigenvalue weighted by molar-refractivity contribution is 7.93. The normalized spacial score (nSPS) is 11.3. The van der Waals surface area contributed by atoms with Crippen molar-refractivity contribution in [3.05, 3.63) is 34.8 Å². The molecular formula is C12H16N4O2S2. The number of thiazole rings is 1. The molecule has 0 bridgehead atoms. The van der Waals surface area contributed by atoms with Crippen molar-refractivity contribution in [2.75, 3.05) is 10.1 Å². The molecule has 0 aliphatic carbocycles. The summed E-state index contributed by atoms with van der Waals surface area (Å²) in [6.07, 6.45) is 0.769. The van der Waals surface area contributed by atoms with Gasteiger partial charge in [-0.05, 0) is 25.5 Å². The quantitative estimate of drug-likeness (QED) is 0.580. The number of nitrogens with one attached hydrogen (secondary N) is 2. The molecule has 0 fully saturated rings. The van der Waals surface area contributed by atoms with Crippen molar-refractivity contribution < 1.29 is 8.42 Å². The van der Waals surface area contributed by atoms with E-state index in [1.807, 2.05) is 13.8 Å². The summed E-state index contributed by atoms with van der Waals surface area (Å²) in [5.74, 6) is 5.34. The van der Waals surface area contributed by atoms with E-state index in [1.165, 1.54) is 17.4 Å². The zero-order valence-electron chi connectivity index (χ0n) is 11.2. The molecule has 0 saturated carbocycles. The maximum Gasteiger partial charge on any atom is 0.265 e. The summed E-state index contributed by atoms with van der Waals surface area (Å²) in [7, 11) is -3.71. The number of anilines is 2. The van der Waals surface area contributed by atoms with Crippen LogP contribution in [0.1, 0.15) is 17.5 Å². The molecule has 1 aromatic carbocycles. The maximum atomic E-state index is 12.4. The number of nitrogens with zero attached hydrogens (tertiary/aromatic N) is 1. The van der Waals surface area contributed by atoms with E-state index in [4.69, 9.17) is 5.84 Å². The van der Waals surface area contributed by atoms with Crippen LogP contribution in [-0.2, 0) is 16.4 Å². The number of nitrogens with two attached hydrogens (primary N) is 1. The van der Waals surface area contributed by atoms with Gasteiger partial charge < -0.3 is 5.43 Å². The molecule has 0 aliphatic heterocycles. The lowest BCUT2D eigenvalue weighted by atomic mass is 10.3. The standard InChI is InChI=1S/C12H16N4O2S2/c1-3-9-8(2)19-12(14-9)16-20(17,18)11-7-5-4-6-10(11)15-13/h4-7,15H,3,13H2,1-2H3,(H,14,16). The van der Waals surface area contributed by atoms with E-state index < -0.39 is 10.0 Å². The maximum absolute atomic E-state index is 12.4. The molecule has 1 heterocycles. The number of hydrogen-bond acceptors (Lipinski definition) is 6. The summed E-state index contributed by atoms with van der Waals surface area (Å²) < 4.78 is 27.2. The molecule has 0 atom stereocenters. The Labute approximate surface area is 122 Å². The molecule has 0 amide bonds. The summed E-state index contributed by atoms with van der Waals surface area (Å²) in [4.78, 5) is 5.37. The Morgan fingerprint density at radius 3 is 2.65 bits per heavy atom. The van der Waals surface area contributed by atoms with Crippen LogP contribution in [0.25, 0.3) is 0 Å². The predicted molar refractivity (Wildman–Crippen MR) is 81.3 cm³/mol. The van der Waals surface area contributed by atoms with Crippen LogP contribution in [0.5, 0.6) is 0 Å². The van der Waals surface area contributed by atoms with Crippen molar-refractivity contribution in [2.24, 2.45) is 5.84 Å². The van der Waals surface area contributed by atoms with E-state index >= 15 is 0 Å². The SMILES string of the molecule is CCc1nc(NS(=O)(=O)c2ccccc2NN)sc1C. The summed E-state index contributed by atoms with van der Waals surface area (Å²) in [6.45, 7) is 3.90. The van der Waals surface area contributed by atoms with Gasteiger partial charge in [0, 0.05) is 4.88 Å². The van der Waals surface area contributed by atoms with Crippen molar-refractivity contribution in [1.82, 2.24) is 4.98 Å². The number of benzene rings is 1. The number of nitrogen functional groups attached to an aromatic ring is 1. The van der Waals surface area contributed by atoms with Crippen LogP contribution in [0.2, 0.25) is 0 Å². The molecule has 1 aromatic heterocycles. The molecular weight excluding hydrogens is 296 g/mol. The number of sulfonamides is 1. The Kier molecular flexibility index (Phi) is 4.26. The Hall–Kier alpha value is -1.64. The first-order valence-electron chi connectivity index (χ1n) is 6.02. The van der Waals surface area contributed by atoms with Crippen LogP contribution in [0.15, 0.2) is 29.2 Å². The van der Waals surface area contributed by atoms with Crippen LogP contribution in [-0.4, -0.2) is 13.4 Å². The smallest absolute Gasteiger partial charge is 0.265 e. The second-order valence-electron chi connectivity index (χ2n) is 4.12. The topological polar surface area (TPSA) is 97.1 Å². The van der Waals surface area contributed by atoms with E-state index in [2.05, 4.69) is 15.1 Å². The van der Waals surface area contributed by atoms with Crippen LogP contribution >= 0.6 is 11.3 Å². The number of aryl methyl sites for hydroxylation is 2. The third-order valence-electron chi connectivity index (χ3n) is 2.78. The Balaban J connectivity index is 2.35. The van der Waals surface area contributed by atoms with E-state index in [9.17, 15) is 8.42 Å². The Bertz CT molecular complexity index is 710. The molecule has 8 heteroatoms. The van der Waals surface area contributed by atoms with Crippen LogP contribution < -0.4 is 16.0 Å². The third kappa shape index (κ3) is 2.92. The van der Waals surface area contributed by atoms with Crippen molar-refractivity contribution in [2.45, 2.75) is 25.2 Å². The van der Waals surface area contributed by atoms with Gasteiger partial charge in [-0.2, -0.15) is 0 Å². The Morgan fingerprint density at radius 1 is 1.35 bits per heavy atom. The van der Waals surface area contributed by atoms with Crippen molar-refractivity contribution in [3.8, 4) is 0 Å². The minimum atomic E-state index is -3.71. The molecule has 0 saturated heterocycles. The number of hydrazine groups is 1. The first-order valence-corrected chi connectivity index (χ1v) is 8.32. The molecule has 0 spiro atoms. The van der Waals surface area contributed by atoms with Crippen molar-refractivity contribution >= 4 is 32.2 Å². The lowest BCUT2D eigenvalue weighted by Crippen LogP contribution is -2.17. The third-order valence-corrected chi connectivity index (χ3v) is 5.24. The minimum absolute atomic E-state index is 0.0911. The fraction of sp³-hybridized carbons (Fsp3) is 0.250. The van der Waals surface area contributed by atoms with Crippen molar-refractivity contribution in [3.63, 3.8) is 0 Å². The number of para-hydroxylation sites is 1. The fourth-order valence-electron chi connectivity index (χ4n) is 1.79. The van der Waals surface area contributed by atoms with Gasteiger partial charge in [-0.25, -0.2) is 13.4 Å². The Morgan fingerprint density at radius 2 is 2.05 bits per heavy atom. The van der Waals surface area contributed by atoms with Gasteiger partial charge in [0.1, 0.15) is 4.90 Å². The van der Waals surface area contributed by atoms with Crippen LogP contribution in [0.3, 0.4) is 0 Å². The predicted octanol–water partition coefficient (Wildman–Crippen LogP) is 2.10.